The second-order valence-electron chi connectivity index (χ2n) is 15.8. The fourth-order valence-electron chi connectivity index (χ4n) is 10.2. The van der Waals surface area contributed by atoms with Gasteiger partial charge in [0.15, 0.2) is 0 Å². The summed E-state index contributed by atoms with van der Waals surface area (Å²) in [7, 11) is 0. The maximum absolute atomic E-state index is 12.5. The van der Waals surface area contributed by atoms with Crippen LogP contribution in [-0.4, -0.2) is 67.5 Å². The van der Waals surface area contributed by atoms with E-state index in [4.69, 9.17) is 9.84 Å². The Bertz CT molecular complexity index is 1100. The van der Waals surface area contributed by atoms with Crippen molar-refractivity contribution in [1.82, 2.24) is 0 Å². The maximum atomic E-state index is 12.5. The Labute approximate surface area is 251 Å². The number of aliphatic carboxylic acids is 1. The number of rotatable bonds is 10. The fraction of sp³-hybridized carbons (Fsp3) is 0.882. The number of esters is 1. The van der Waals surface area contributed by atoms with Crippen molar-refractivity contribution in [3.8, 4) is 0 Å². The van der Waals surface area contributed by atoms with E-state index in [0.29, 0.717) is 25.2 Å². The SMILES string of the molecule is C[C@H](CCC(O)C(C)(O)CO)[C@@]1(O)CC[C@@]2(C)C3=C(CC[C@@]21C)[C@@]1(C)CCC(OC(=O)CCC(=O)O)C(C)(C)[C@@H]1CC3. The van der Waals surface area contributed by atoms with Gasteiger partial charge in [-0.1, -0.05) is 52.7 Å². The number of aliphatic hydroxyl groups excluding tert-OH is 2. The molecule has 4 aliphatic carbocycles. The van der Waals surface area contributed by atoms with Crippen molar-refractivity contribution in [1.29, 1.82) is 0 Å². The molecule has 0 aromatic rings. The predicted octanol–water partition coefficient (Wildman–Crippen LogP) is 5.15. The average molecular weight is 593 g/mol. The first-order valence-corrected chi connectivity index (χ1v) is 16.2. The molecular weight excluding hydrogens is 536 g/mol. The quantitative estimate of drug-likeness (QED) is 0.173. The van der Waals surface area contributed by atoms with Gasteiger partial charge in [0.05, 0.1) is 31.2 Å². The van der Waals surface area contributed by atoms with Crippen molar-refractivity contribution in [2.45, 2.75) is 149 Å². The number of fused-ring (bicyclic) bond motifs is 4. The Balaban J connectivity index is 1.56. The van der Waals surface area contributed by atoms with Crippen molar-refractivity contribution >= 4 is 11.9 Å². The zero-order valence-corrected chi connectivity index (χ0v) is 27.0. The third-order valence-electron chi connectivity index (χ3n) is 13.4. The van der Waals surface area contributed by atoms with E-state index in [9.17, 15) is 30.0 Å². The Morgan fingerprint density at radius 2 is 1.64 bits per heavy atom. The van der Waals surface area contributed by atoms with Crippen molar-refractivity contribution in [3.05, 3.63) is 11.1 Å². The van der Waals surface area contributed by atoms with Crippen LogP contribution in [0.2, 0.25) is 0 Å². The monoisotopic (exact) mass is 592 g/mol. The number of carboxylic acid groups (broad SMARTS) is 1. The highest BCUT2D eigenvalue weighted by molar-refractivity contribution is 5.76. The lowest BCUT2D eigenvalue weighted by atomic mass is 9.43. The summed E-state index contributed by atoms with van der Waals surface area (Å²) in [5, 5.41) is 51.6. The molecule has 0 aliphatic heterocycles. The van der Waals surface area contributed by atoms with E-state index in [1.807, 2.05) is 0 Å². The molecule has 0 radical (unpaired) electrons. The lowest BCUT2D eigenvalue weighted by Crippen LogP contribution is -2.58. The number of ether oxygens (including phenoxy) is 1. The zero-order valence-electron chi connectivity index (χ0n) is 27.0. The van der Waals surface area contributed by atoms with Gasteiger partial charge in [0.25, 0.3) is 0 Å². The van der Waals surface area contributed by atoms with Gasteiger partial charge >= 0.3 is 11.9 Å². The van der Waals surface area contributed by atoms with Crippen LogP contribution in [0.25, 0.3) is 0 Å². The summed E-state index contributed by atoms with van der Waals surface area (Å²) in [4.78, 5) is 23.4. The molecule has 4 aliphatic rings. The Morgan fingerprint density at radius 1 is 0.976 bits per heavy atom. The number of carboxylic acids is 1. The molecule has 0 heterocycles. The summed E-state index contributed by atoms with van der Waals surface area (Å²) >= 11 is 0. The van der Waals surface area contributed by atoms with Gasteiger partial charge in [0.2, 0.25) is 0 Å². The minimum Gasteiger partial charge on any atom is -0.481 e. The summed E-state index contributed by atoms with van der Waals surface area (Å²) in [5.74, 6) is -1.16. The number of aliphatic hydroxyl groups is 4. The van der Waals surface area contributed by atoms with Crippen molar-refractivity contribution in [3.63, 3.8) is 0 Å². The molecule has 8 heteroatoms. The summed E-state index contributed by atoms with van der Waals surface area (Å²) in [6.07, 6.45) is 6.34. The summed E-state index contributed by atoms with van der Waals surface area (Å²) < 4.78 is 5.91. The topological polar surface area (TPSA) is 145 Å². The Kier molecular flexibility index (Phi) is 8.87. The summed E-state index contributed by atoms with van der Waals surface area (Å²) in [6, 6.07) is 0. The molecule has 0 aromatic carbocycles. The molecule has 8 nitrogen and oxygen atoms in total. The molecule has 0 amide bonds. The van der Waals surface area contributed by atoms with Crippen LogP contribution in [0, 0.1) is 33.5 Å². The predicted molar refractivity (Wildman–Crippen MR) is 159 cm³/mol. The summed E-state index contributed by atoms with van der Waals surface area (Å²) in [5.41, 5.74) is -0.105. The second kappa shape index (κ2) is 11.1. The van der Waals surface area contributed by atoms with E-state index in [0.717, 1.165) is 44.9 Å². The van der Waals surface area contributed by atoms with E-state index in [2.05, 4.69) is 41.5 Å². The fourth-order valence-corrected chi connectivity index (χ4v) is 10.2. The molecule has 2 saturated carbocycles. The molecule has 9 atom stereocenters. The van der Waals surface area contributed by atoms with Crippen LogP contribution in [0.4, 0.5) is 0 Å². The largest absolute Gasteiger partial charge is 0.481 e. The highest BCUT2D eigenvalue weighted by Crippen LogP contribution is 2.73. The molecule has 0 aromatic heterocycles. The van der Waals surface area contributed by atoms with Crippen LogP contribution in [0.5, 0.6) is 0 Å². The molecule has 240 valence electrons. The lowest BCUT2D eigenvalue weighted by Gasteiger charge is -2.63. The van der Waals surface area contributed by atoms with Gasteiger partial charge in [-0.2, -0.15) is 0 Å². The Hall–Kier alpha value is -1.48. The van der Waals surface area contributed by atoms with Gasteiger partial charge in [-0.25, -0.2) is 0 Å². The van der Waals surface area contributed by atoms with Crippen LogP contribution in [-0.2, 0) is 14.3 Å². The molecule has 3 unspecified atom stereocenters. The smallest absolute Gasteiger partial charge is 0.306 e. The number of hydrogen-bond donors (Lipinski definition) is 5. The van der Waals surface area contributed by atoms with Crippen molar-refractivity contribution in [2.75, 3.05) is 6.61 Å². The molecule has 5 N–H and O–H groups in total. The Morgan fingerprint density at radius 3 is 2.26 bits per heavy atom. The van der Waals surface area contributed by atoms with Gasteiger partial charge in [-0.05, 0) is 93.8 Å². The first kappa shape index (κ1) is 33.4. The normalized spacial score (nSPS) is 40.3. The van der Waals surface area contributed by atoms with E-state index in [1.54, 1.807) is 5.57 Å². The van der Waals surface area contributed by atoms with Crippen molar-refractivity contribution in [2.24, 2.45) is 33.5 Å². The molecule has 42 heavy (non-hydrogen) atoms. The van der Waals surface area contributed by atoms with E-state index in [1.165, 1.54) is 12.5 Å². The van der Waals surface area contributed by atoms with Gasteiger partial charge in [-0.15, -0.1) is 0 Å². The molecule has 4 rings (SSSR count). The van der Waals surface area contributed by atoms with E-state index in [-0.39, 0.29) is 46.5 Å². The highest BCUT2D eigenvalue weighted by atomic mass is 16.5. The summed E-state index contributed by atoms with van der Waals surface area (Å²) in [6.45, 7) is 14.5. The van der Waals surface area contributed by atoms with E-state index >= 15 is 0 Å². The van der Waals surface area contributed by atoms with Gasteiger partial charge in [0, 0.05) is 10.8 Å². The lowest BCUT2D eigenvalue weighted by molar-refractivity contribution is -0.172. The molecule has 0 bridgehead atoms. The molecule has 0 spiro atoms. The van der Waals surface area contributed by atoms with Gasteiger partial charge in [-0.3, -0.25) is 9.59 Å². The first-order chi connectivity index (χ1) is 19.3. The minimum atomic E-state index is -1.56. The number of hydrogen-bond acceptors (Lipinski definition) is 7. The van der Waals surface area contributed by atoms with E-state index < -0.39 is 35.9 Å². The van der Waals surface area contributed by atoms with Crippen LogP contribution in [0.15, 0.2) is 11.1 Å². The van der Waals surface area contributed by atoms with Gasteiger partial charge < -0.3 is 30.3 Å². The highest BCUT2D eigenvalue weighted by Gasteiger charge is 2.68. The van der Waals surface area contributed by atoms with Crippen molar-refractivity contribution < 1.29 is 39.9 Å². The molecular formula is C34H56O8. The van der Waals surface area contributed by atoms with Gasteiger partial charge in [0.1, 0.15) is 11.7 Å². The first-order valence-electron chi connectivity index (χ1n) is 16.2. The van der Waals surface area contributed by atoms with Crippen LogP contribution in [0.3, 0.4) is 0 Å². The van der Waals surface area contributed by atoms with Crippen LogP contribution < -0.4 is 0 Å². The number of allylic oxidation sites excluding steroid dienone is 2. The second-order valence-corrected chi connectivity index (χ2v) is 15.8. The maximum Gasteiger partial charge on any atom is 0.306 e. The third kappa shape index (κ3) is 5.06. The molecule has 2 fully saturated rings. The average Bonchev–Trinajstić information content (AvgIpc) is 3.14. The zero-order chi connectivity index (χ0) is 31.5. The minimum absolute atomic E-state index is 0.0162. The molecule has 0 saturated heterocycles. The van der Waals surface area contributed by atoms with Crippen LogP contribution >= 0.6 is 0 Å². The number of carbonyl (C=O) groups is 2. The number of carbonyl (C=O) groups excluding carboxylic acids is 1. The standard InChI is InChI=1S/C34H56O8/c1-21(8-11-25(36)32(6,40)20-35)34(41)19-18-31(5)23-9-10-24-29(2,3)26(42-28(39)13-12-27(37)38)15-16-30(24,4)22(23)14-17-33(31,34)7/h21,24-26,35-36,40-41H,8-20H2,1-7H3,(H,37,38)/t21-,24+,25?,26?,30-,31+,32?,33+,34+/m1/s1. The van der Waals surface area contributed by atoms with Crippen LogP contribution in [0.1, 0.15) is 126 Å². The third-order valence-corrected chi connectivity index (χ3v) is 13.4.